The molecule has 0 bridgehead atoms. The van der Waals surface area contributed by atoms with Crippen LogP contribution in [0.1, 0.15) is 84.8 Å². The zero-order chi connectivity index (χ0) is 26.8. The molecule has 36 heavy (non-hydrogen) atoms. The van der Waals surface area contributed by atoms with Gasteiger partial charge in [0.25, 0.3) is 11.5 Å². The predicted molar refractivity (Wildman–Crippen MR) is 137 cm³/mol. The molecule has 1 aromatic heterocycles. The Kier molecular flexibility index (Phi) is 8.57. The highest BCUT2D eigenvalue weighted by Gasteiger charge is 2.35. The molecular formula is C28H38F3N3O2. The summed E-state index contributed by atoms with van der Waals surface area (Å²) in [6, 6.07) is 4.03. The number of benzene rings is 1. The summed E-state index contributed by atoms with van der Waals surface area (Å²) in [6.45, 7) is 12.1. The van der Waals surface area contributed by atoms with Gasteiger partial charge in [0.1, 0.15) is 0 Å². The van der Waals surface area contributed by atoms with Gasteiger partial charge in [-0.25, -0.2) is 0 Å². The van der Waals surface area contributed by atoms with Gasteiger partial charge in [-0.1, -0.05) is 13.8 Å². The fourth-order valence-electron chi connectivity index (χ4n) is 5.47. The van der Waals surface area contributed by atoms with E-state index in [0.717, 1.165) is 31.7 Å². The molecule has 0 unspecified atom stereocenters. The Balaban J connectivity index is 1.94. The number of anilines is 1. The van der Waals surface area contributed by atoms with Crippen molar-refractivity contribution in [3.63, 3.8) is 0 Å². The van der Waals surface area contributed by atoms with Crippen molar-refractivity contribution in [2.24, 2.45) is 11.8 Å². The van der Waals surface area contributed by atoms with E-state index in [9.17, 15) is 22.8 Å². The van der Waals surface area contributed by atoms with E-state index < -0.39 is 17.6 Å². The van der Waals surface area contributed by atoms with E-state index in [1.807, 2.05) is 11.8 Å². The summed E-state index contributed by atoms with van der Waals surface area (Å²) >= 11 is 0. The van der Waals surface area contributed by atoms with Gasteiger partial charge in [-0.2, -0.15) is 13.2 Å². The van der Waals surface area contributed by atoms with Gasteiger partial charge in [0.15, 0.2) is 0 Å². The van der Waals surface area contributed by atoms with Gasteiger partial charge >= 0.3 is 6.18 Å². The van der Waals surface area contributed by atoms with Crippen LogP contribution >= 0.6 is 0 Å². The molecule has 8 heteroatoms. The molecule has 198 valence electrons. The number of rotatable bonds is 7. The number of halogens is 3. The van der Waals surface area contributed by atoms with Crippen LogP contribution in [0.5, 0.6) is 0 Å². The summed E-state index contributed by atoms with van der Waals surface area (Å²) < 4.78 is 41.7. The summed E-state index contributed by atoms with van der Waals surface area (Å²) in [6.07, 6.45) is -0.646. The topological polar surface area (TPSA) is 65.2 Å². The smallest absolute Gasteiger partial charge is 0.369 e. The van der Waals surface area contributed by atoms with Gasteiger partial charge in [0.05, 0.1) is 5.56 Å². The largest absolute Gasteiger partial charge is 0.416 e. The van der Waals surface area contributed by atoms with Crippen LogP contribution in [0.4, 0.5) is 18.9 Å². The van der Waals surface area contributed by atoms with E-state index in [-0.39, 0.29) is 23.7 Å². The molecule has 0 aliphatic heterocycles. The quantitative estimate of drug-likeness (QED) is 0.465. The zero-order valence-electron chi connectivity index (χ0n) is 22.1. The molecule has 1 aliphatic rings. The standard InChI is InChI=1S/C28H38F3N3O2/c1-7-34(22-10-8-20(9-11-22)16(2)3)25-14-21(28(29,30)31)13-23(19(25)6)26(35)32-15-24-17(4)12-18(5)33-27(24)36/h12-14,16,20,22H,7-11,15H2,1-6H3,(H,32,35)(H,33,36). The number of alkyl halides is 3. The Morgan fingerprint density at radius 3 is 2.28 bits per heavy atom. The fraction of sp³-hybridized carbons (Fsp3) is 0.571. The highest BCUT2D eigenvalue weighted by molar-refractivity contribution is 5.97. The number of nitrogens with zero attached hydrogens (tertiary/aromatic N) is 1. The first kappa shape index (κ1) is 27.8. The van der Waals surface area contributed by atoms with Crippen molar-refractivity contribution in [2.75, 3.05) is 11.4 Å². The van der Waals surface area contributed by atoms with Crippen molar-refractivity contribution in [3.05, 3.63) is 62.1 Å². The van der Waals surface area contributed by atoms with Crippen LogP contribution in [0.15, 0.2) is 23.0 Å². The molecule has 1 aliphatic carbocycles. The van der Waals surface area contributed by atoms with Crippen LogP contribution in [0.25, 0.3) is 0 Å². The van der Waals surface area contributed by atoms with Crippen LogP contribution < -0.4 is 15.8 Å². The second-order valence-corrected chi connectivity index (χ2v) is 10.4. The van der Waals surface area contributed by atoms with Gasteiger partial charge < -0.3 is 15.2 Å². The first-order valence-corrected chi connectivity index (χ1v) is 12.8. The van der Waals surface area contributed by atoms with Crippen molar-refractivity contribution in [3.8, 4) is 0 Å². The molecule has 1 aromatic carbocycles. The van der Waals surface area contributed by atoms with Crippen LogP contribution in [-0.4, -0.2) is 23.5 Å². The molecule has 2 aromatic rings. The van der Waals surface area contributed by atoms with E-state index >= 15 is 0 Å². The Labute approximate surface area is 211 Å². The van der Waals surface area contributed by atoms with Gasteiger partial charge in [-0.05, 0) is 94.5 Å². The second-order valence-electron chi connectivity index (χ2n) is 10.4. The normalized spacial score (nSPS) is 18.4. The van der Waals surface area contributed by atoms with Gasteiger partial charge in [-0.3, -0.25) is 9.59 Å². The maximum Gasteiger partial charge on any atom is 0.416 e. The number of aromatic amines is 1. The van der Waals surface area contributed by atoms with Gasteiger partial charge in [-0.15, -0.1) is 0 Å². The molecule has 0 spiro atoms. The van der Waals surface area contributed by atoms with Crippen LogP contribution in [0, 0.1) is 32.6 Å². The van der Waals surface area contributed by atoms with Crippen molar-refractivity contribution in [1.82, 2.24) is 10.3 Å². The number of aryl methyl sites for hydroxylation is 2. The number of hydrogen-bond acceptors (Lipinski definition) is 3. The summed E-state index contributed by atoms with van der Waals surface area (Å²) in [5, 5.41) is 2.67. The van der Waals surface area contributed by atoms with Crippen molar-refractivity contribution in [1.29, 1.82) is 0 Å². The zero-order valence-corrected chi connectivity index (χ0v) is 22.1. The van der Waals surface area contributed by atoms with E-state index in [2.05, 4.69) is 24.1 Å². The van der Waals surface area contributed by atoms with Crippen LogP contribution in [-0.2, 0) is 12.7 Å². The number of carbonyl (C=O) groups excluding carboxylic acids is 1. The number of carbonyl (C=O) groups is 1. The van der Waals surface area contributed by atoms with Crippen molar-refractivity contribution < 1.29 is 18.0 Å². The first-order chi connectivity index (χ1) is 16.8. The molecule has 1 saturated carbocycles. The molecular weight excluding hydrogens is 467 g/mol. The third kappa shape index (κ3) is 6.13. The first-order valence-electron chi connectivity index (χ1n) is 12.8. The SMILES string of the molecule is CCN(c1cc(C(F)(F)F)cc(C(=O)NCc2c(C)cc(C)[nH]c2=O)c1C)C1CCC(C(C)C)CC1. The number of H-pyrrole nitrogens is 1. The maximum atomic E-state index is 13.9. The lowest BCUT2D eigenvalue weighted by Gasteiger charge is -2.40. The lowest BCUT2D eigenvalue weighted by atomic mass is 9.79. The molecule has 1 heterocycles. The Hall–Kier alpha value is -2.77. The molecule has 0 atom stereocenters. The van der Waals surface area contributed by atoms with Crippen LogP contribution in [0.3, 0.4) is 0 Å². The summed E-state index contributed by atoms with van der Waals surface area (Å²) in [7, 11) is 0. The molecule has 1 amide bonds. The Bertz CT molecular complexity index is 1150. The van der Waals surface area contributed by atoms with Crippen molar-refractivity contribution in [2.45, 2.75) is 86.0 Å². The Morgan fingerprint density at radius 1 is 1.11 bits per heavy atom. The Morgan fingerprint density at radius 2 is 1.75 bits per heavy atom. The van der Waals surface area contributed by atoms with Gasteiger partial charge in [0.2, 0.25) is 0 Å². The minimum Gasteiger partial charge on any atom is -0.369 e. The fourth-order valence-corrected chi connectivity index (χ4v) is 5.47. The second kappa shape index (κ2) is 11.1. The van der Waals surface area contributed by atoms with Gasteiger partial charge in [0, 0.05) is 41.6 Å². The highest BCUT2D eigenvalue weighted by atomic mass is 19.4. The molecule has 3 rings (SSSR count). The number of nitrogens with one attached hydrogen (secondary N) is 2. The average Bonchev–Trinajstić information content (AvgIpc) is 2.79. The number of hydrogen-bond donors (Lipinski definition) is 2. The minimum absolute atomic E-state index is 0.0182. The molecule has 0 saturated heterocycles. The van der Waals surface area contributed by atoms with E-state index in [0.29, 0.717) is 46.5 Å². The van der Waals surface area contributed by atoms with E-state index in [1.54, 1.807) is 26.8 Å². The number of amides is 1. The molecule has 0 radical (unpaired) electrons. The van der Waals surface area contributed by atoms with E-state index in [1.165, 1.54) is 6.07 Å². The monoisotopic (exact) mass is 505 g/mol. The average molecular weight is 506 g/mol. The molecule has 2 N–H and O–H groups in total. The van der Waals surface area contributed by atoms with Crippen LogP contribution in [0.2, 0.25) is 0 Å². The number of pyridine rings is 1. The third-order valence-electron chi connectivity index (χ3n) is 7.65. The summed E-state index contributed by atoms with van der Waals surface area (Å²) in [5.74, 6) is 0.604. The minimum atomic E-state index is -4.59. The molecule has 5 nitrogen and oxygen atoms in total. The number of aromatic nitrogens is 1. The third-order valence-corrected chi connectivity index (χ3v) is 7.65. The summed E-state index contributed by atoms with van der Waals surface area (Å²) in [4.78, 5) is 30.2. The summed E-state index contributed by atoms with van der Waals surface area (Å²) in [5.41, 5.74) is 1.60. The lowest BCUT2D eigenvalue weighted by molar-refractivity contribution is -0.137. The molecule has 1 fully saturated rings. The predicted octanol–water partition coefficient (Wildman–Crippen LogP) is 6.29. The maximum absolute atomic E-state index is 13.9. The lowest BCUT2D eigenvalue weighted by Crippen LogP contribution is -2.39. The van der Waals surface area contributed by atoms with E-state index in [4.69, 9.17) is 0 Å². The van der Waals surface area contributed by atoms with Crippen molar-refractivity contribution >= 4 is 11.6 Å². The highest BCUT2D eigenvalue weighted by Crippen LogP contribution is 2.39.